The van der Waals surface area contributed by atoms with Crippen LogP contribution in [0.15, 0.2) is 39.5 Å². The van der Waals surface area contributed by atoms with E-state index in [4.69, 9.17) is 16.9 Å². The fourth-order valence-corrected chi connectivity index (χ4v) is 1.94. The van der Waals surface area contributed by atoms with Gasteiger partial charge in [0.15, 0.2) is 5.16 Å². The second-order valence-corrected chi connectivity index (χ2v) is 4.16. The van der Waals surface area contributed by atoms with E-state index in [1.165, 1.54) is 6.20 Å². The maximum Gasteiger partial charge on any atom is 0.300 e. The van der Waals surface area contributed by atoms with Crippen molar-refractivity contribution in [3.8, 4) is 6.19 Å². The zero-order valence-corrected chi connectivity index (χ0v) is 9.81. The number of hydrogen-bond acceptors (Lipinski definition) is 6. The van der Waals surface area contributed by atoms with Gasteiger partial charge < -0.3 is 0 Å². The Balaban J connectivity index is 2.39. The van der Waals surface area contributed by atoms with Crippen LogP contribution in [-0.2, 0) is 0 Å². The SMILES string of the molecule is N#Cn1ncc(Sc2ncccn2)c(Cl)c1=O. The van der Waals surface area contributed by atoms with Crippen molar-refractivity contribution in [2.24, 2.45) is 0 Å². The first-order valence-electron chi connectivity index (χ1n) is 4.35. The van der Waals surface area contributed by atoms with Crippen molar-refractivity contribution < 1.29 is 0 Å². The molecule has 2 rings (SSSR count). The molecule has 0 N–H and O–H groups in total. The smallest absolute Gasteiger partial charge is 0.265 e. The predicted octanol–water partition coefficient (Wildman–Crippen LogP) is 1.17. The highest BCUT2D eigenvalue weighted by molar-refractivity contribution is 7.99. The van der Waals surface area contributed by atoms with Crippen molar-refractivity contribution in [1.29, 1.82) is 5.26 Å². The third-order valence-electron chi connectivity index (χ3n) is 1.72. The van der Waals surface area contributed by atoms with E-state index >= 15 is 0 Å². The lowest BCUT2D eigenvalue weighted by molar-refractivity contribution is 0.804. The van der Waals surface area contributed by atoms with Gasteiger partial charge in [0.25, 0.3) is 0 Å². The lowest BCUT2D eigenvalue weighted by atomic mass is 10.6. The minimum atomic E-state index is -0.657. The van der Waals surface area contributed by atoms with Gasteiger partial charge >= 0.3 is 5.56 Å². The quantitative estimate of drug-likeness (QED) is 0.758. The fourth-order valence-electron chi connectivity index (χ4n) is 0.997. The van der Waals surface area contributed by atoms with Gasteiger partial charge in [-0.2, -0.15) is 10.4 Å². The summed E-state index contributed by atoms with van der Waals surface area (Å²) < 4.78 is 0.609. The van der Waals surface area contributed by atoms with Gasteiger partial charge in [-0.05, 0) is 17.8 Å². The molecule has 84 valence electrons. The topological polar surface area (TPSA) is 84.5 Å². The van der Waals surface area contributed by atoms with Crippen molar-refractivity contribution in [3.63, 3.8) is 0 Å². The highest BCUT2D eigenvalue weighted by Crippen LogP contribution is 2.27. The molecule has 0 amide bonds. The molecule has 0 aliphatic carbocycles. The van der Waals surface area contributed by atoms with Crippen LogP contribution in [0.4, 0.5) is 0 Å². The van der Waals surface area contributed by atoms with Crippen LogP contribution in [0.25, 0.3) is 0 Å². The van der Waals surface area contributed by atoms with Gasteiger partial charge in [-0.1, -0.05) is 11.6 Å². The molecule has 8 heteroatoms. The highest BCUT2D eigenvalue weighted by Gasteiger charge is 2.11. The molecule has 0 unspecified atom stereocenters. The van der Waals surface area contributed by atoms with Crippen LogP contribution in [0.5, 0.6) is 0 Å². The summed E-state index contributed by atoms with van der Waals surface area (Å²) in [5.74, 6) is 0. The Morgan fingerprint density at radius 1 is 1.41 bits per heavy atom. The molecule has 0 aromatic carbocycles. The van der Waals surface area contributed by atoms with E-state index in [2.05, 4.69) is 15.1 Å². The second-order valence-electron chi connectivity index (χ2n) is 2.77. The van der Waals surface area contributed by atoms with Gasteiger partial charge in [-0.3, -0.25) is 4.79 Å². The molecular weight excluding hydrogens is 262 g/mol. The average Bonchev–Trinajstić information content (AvgIpc) is 2.37. The van der Waals surface area contributed by atoms with E-state index in [-0.39, 0.29) is 5.02 Å². The molecule has 0 fully saturated rings. The molecule has 0 aliphatic rings. The molecule has 17 heavy (non-hydrogen) atoms. The number of hydrogen-bond donors (Lipinski definition) is 0. The van der Waals surface area contributed by atoms with Crippen LogP contribution >= 0.6 is 23.4 Å². The summed E-state index contributed by atoms with van der Waals surface area (Å²) in [6.07, 6.45) is 6.08. The van der Waals surface area contributed by atoms with Crippen LogP contribution < -0.4 is 5.56 Å². The standard InChI is InChI=1S/C9H4ClN5OS/c10-7-6(4-14-15(5-11)8(7)16)17-9-12-2-1-3-13-9/h1-4H. The van der Waals surface area contributed by atoms with Crippen LogP contribution in [0.3, 0.4) is 0 Å². The van der Waals surface area contributed by atoms with Crippen molar-refractivity contribution in [3.05, 3.63) is 40.0 Å². The van der Waals surface area contributed by atoms with Gasteiger partial charge in [0.2, 0.25) is 6.19 Å². The predicted molar refractivity (Wildman–Crippen MR) is 60.7 cm³/mol. The minimum Gasteiger partial charge on any atom is -0.265 e. The number of aromatic nitrogens is 4. The molecule has 0 atom stereocenters. The van der Waals surface area contributed by atoms with E-state index in [1.807, 2.05) is 0 Å². The molecule has 2 aromatic heterocycles. The maximum atomic E-state index is 11.5. The minimum absolute atomic E-state index is 0.0704. The Morgan fingerprint density at radius 3 is 2.76 bits per heavy atom. The molecule has 0 bridgehead atoms. The second kappa shape index (κ2) is 4.95. The number of nitrogens with zero attached hydrogens (tertiary/aromatic N) is 5. The van der Waals surface area contributed by atoms with Gasteiger partial charge in [0, 0.05) is 12.4 Å². The van der Waals surface area contributed by atoms with Gasteiger partial charge in [-0.15, -0.1) is 4.68 Å². The van der Waals surface area contributed by atoms with Gasteiger partial charge in [0.05, 0.1) is 11.1 Å². The highest BCUT2D eigenvalue weighted by atomic mass is 35.5. The first kappa shape index (κ1) is 11.6. The van der Waals surface area contributed by atoms with Crippen molar-refractivity contribution in [1.82, 2.24) is 19.7 Å². The number of rotatable bonds is 2. The third-order valence-corrected chi connectivity index (χ3v) is 3.13. The maximum absolute atomic E-state index is 11.5. The van der Waals surface area contributed by atoms with E-state index in [1.54, 1.807) is 24.7 Å². The molecule has 2 heterocycles. The summed E-state index contributed by atoms with van der Waals surface area (Å²) >= 11 is 6.93. The average molecular weight is 266 g/mol. The molecule has 0 spiro atoms. The normalized spacial score (nSPS) is 9.88. The largest absolute Gasteiger partial charge is 0.300 e. The molecule has 2 aromatic rings. The Hall–Kier alpha value is -1.91. The molecule has 0 radical (unpaired) electrons. The van der Waals surface area contributed by atoms with Gasteiger partial charge in [-0.25, -0.2) is 9.97 Å². The molecule has 0 aliphatic heterocycles. The summed E-state index contributed by atoms with van der Waals surface area (Å²) in [4.78, 5) is 19.9. The van der Waals surface area contributed by atoms with Crippen LogP contribution in [0, 0.1) is 11.5 Å². The summed E-state index contributed by atoms with van der Waals surface area (Å²) in [6, 6.07) is 1.68. The van der Waals surface area contributed by atoms with E-state index in [0.717, 1.165) is 11.8 Å². The lowest BCUT2D eigenvalue weighted by Crippen LogP contribution is -2.19. The van der Waals surface area contributed by atoms with E-state index in [0.29, 0.717) is 14.7 Å². The fraction of sp³-hybridized carbons (Fsp3) is 0. The Kier molecular flexibility index (Phi) is 3.37. The number of halogens is 1. The Labute approximate surface area is 105 Å². The summed E-state index contributed by atoms with van der Waals surface area (Å²) in [7, 11) is 0. The zero-order chi connectivity index (χ0) is 12.3. The molecular formula is C9H4ClN5OS. The monoisotopic (exact) mass is 265 g/mol. The first-order valence-corrected chi connectivity index (χ1v) is 5.54. The Morgan fingerprint density at radius 2 is 2.12 bits per heavy atom. The summed E-state index contributed by atoms with van der Waals surface area (Å²) in [6.45, 7) is 0. The van der Waals surface area contributed by atoms with Gasteiger partial charge in [0.1, 0.15) is 5.02 Å². The van der Waals surface area contributed by atoms with Crippen LogP contribution in [0.1, 0.15) is 0 Å². The van der Waals surface area contributed by atoms with Crippen molar-refractivity contribution in [2.75, 3.05) is 0 Å². The summed E-state index contributed by atoms with van der Waals surface area (Å²) in [5, 5.41) is 12.6. The van der Waals surface area contributed by atoms with E-state index < -0.39 is 5.56 Å². The third kappa shape index (κ3) is 2.43. The lowest BCUT2D eigenvalue weighted by Gasteiger charge is -2.01. The zero-order valence-electron chi connectivity index (χ0n) is 8.24. The first-order chi connectivity index (χ1) is 8.22. The molecule has 6 nitrogen and oxygen atoms in total. The summed E-state index contributed by atoms with van der Waals surface area (Å²) in [5.41, 5.74) is -0.657. The van der Waals surface area contributed by atoms with Crippen molar-refractivity contribution in [2.45, 2.75) is 10.1 Å². The van der Waals surface area contributed by atoms with Crippen LogP contribution in [-0.4, -0.2) is 19.7 Å². The molecule has 0 saturated carbocycles. The Bertz CT molecular complexity index is 636. The van der Waals surface area contributed by atoms with Crippen LogP contribution in [0.2, 0.25) is 5.02 Å². The molecule has 0 saturated heterocycles. The number of nitriles is 1. The van der Waals surface area contributed by atoms with E-state index in [9.17, 15) is 4.79 Å². The van der Waals surface area contributed by atoms with Crippen molar-refractivity contribution >= 4 is 23.4 Å².